The van der Waals surface area contributed by atoms with Crippen LogP contribution in [0, 0.1) is 0 Å². The molecule has 2 heterocycles. The van der Waals surface area contributed by atoms with Crippen LogP contribution in [-0.2, 0) is 19.5 Å². The number of carbonyl (C=O) groups excluding carboxylic acids is 1. The standard InChI is InChI=1S/C21H25N3O2/c22-20(25)18-8-3-7-17-14-24(21(26)19(17)18)11-4-10-23-12-9-15-5-1-2-6-16(15)13-23/h1-3,5-8,20,25H,4,9-14,22H2. The van der Waals surface area contributed by atoms with Crippen LogP contribution in [0.4, 0.5) is 0 Å². The summed E-state index contributed by atoms with van der Waals surface area (Å²) < 4.78 is 0. The number of aliphatic hydroxyl groups is 1. The predicted octanol–water partition coefficient (Wildman–Crippen LogP) is 2.04. The molecule has 2 aliphatic heterocycles. The molecule has 5 nitrogen and oxygen atoms in total. The lowest BCUT2D eigenvalue weighted by molar-refractivity contribution is 0.0764. The van der Waals surface area contributed by atoms with Crippen LogP contribution in [0.15, 0.2) is 42.5 Å². The van der Waals surface area contributed by atoms with E-state index in [9.17, 15) is 9.90 Å². The third kappa shape index (κ3) is 3.26. The van der Waals surface area contributed by atoms with Crippen molar-refractivity contribution in [3.05, 3.63) is 70.3 Å². The van der Waals surface area contributed by atoms with Gasteiger partial charge in [-0.2, -0.15) is 0 Å². The van der Waals surface area contributed by atoms with Gasteiger partial charge in [-0.1, -0.05) is 42.5 Å². The van der Waals surface area contributed by atoms with Gasteiger partial charge in [0.25, 0.3) is 5.91 Å². The first-order chi connectivity index (χ1) is 12.6. The van der Waals surface area contributed by atoms with Crippen molar-refractivity contribution in [2.45, 2.75) is 32.2 Å². The Bertz CT molecular complexity index is 819. The van der Waals surface area contributed by atoms with Gasteiger partial charge in [-0.05, 0) is 29.5 Å². The highest BCUT2D eigenvalue weighted by molar-refractivity contribution is 5.99. The fourth-order valence-corrected chi connectivity index (χ4v) is 4.11. The largest absolute Gasteiger partial charge is 0.375 e. The summed E-state index contributed by atoms with van der Waals surface area (Å²) in [5, 5.41) is 9.72. The van der Waals surface area contributed by atoms with Crippen LogP contribution in [-0.4, -0.2) is 40.4 Å². The van der Waals surface area contributed by atoms with Gasteiger partial charge in [-0.25, -0.2) is 0 Å². The summed E-state index contributed by atoms with van der Waals surface area (Å²) in [5.41, 5.74) is 10.6. The molecule has 1 amide bonds. The van der Waals surface area contributed by atoms with Crippen LogP contribution in [0.25, 0.3) is 0 Å². The highest BCUT2D eigenvalue weighted by Crippen LogP contribution is 2.28. The fourth-order valence-electron chi connectivity index (χ4n) is 4.11. The minimum absolute atomic E-state index is 0.0101. The summed E-state index contributed by atoms with van der Waals surface area (Å²) in [6.45, 7) is 4.40. The summed E-state index contributed by atoms with van der Waals surface area (Å²) in [4.78, 5) is 17.0. The van der Waals surface area contributed by atoms with Crippen LogP contribution in [0.5, 0.6) is 0 Å². The average Bonchev–Trinajstić information content (AvgIpc) is 2.97. The number of hydrogen-bond donors (Lipinski definition) is 2. The molecule has 0 radical (unpaired) electrons. The van der Waals surface area contributed by atoms with Crippen LogP contribution < -0.4 is 5.73 Å². The lowest BCUT2D eigenvalue weighted by Gasteiger charge is -2.29. The molecule has 2 aromatic rings. The van der Waals surface area contributed by atoms with E-state index in [1.807, 2.05) is 17.0 Å². The number of benzene rings is 2. The van der Waals surface area contributed by atoms with Gasteiger partial charge in [-0.15, -0.1) is 0 Å². The van der Waals surface area contributed by atoms with Crippen LogP contribution in [0.2, 0.25) is 0 Å². The molecular weight excluding hydrogens is 326 g/mol. The van der Waals surface area contributed by atoms with E-state index in [1.54, 1.807) is 6.07 Å². The molecular formula is C21H25N3O2. The summed E-state index contributed by atoms with van der Waals surface area (Å²) in [5.74, 6) is -0.0101. The Morgan fingerprint density at radius 3 is 2.58 bits per heavy atom. The minimum atomic E-state index is -1.11. The summed E-state index contributed by atoms with van der Waals surface area (Å²) in [6.07, 6.45) is 0.937. The van der Waals surface area contributed by atoms with Gasteiger partial charge in [0.2, 0.25) is 0 Å². The van der Waals surface area contributed by atoms with Gasteiger partial charge in [0.1, 0.15) is 6.23 Å². The summed E-state index contributed by atoms with van der Waals surface area (Å²) in [7, 11) is 0. The van der Waals surface area contributed by atoms with Crippen molar-refractivity contribution in [2.75, 3.05) is 19.6 Å². The number of nitrogens with zero attached hydrogens (tertiary/aromatic N) is 2. The lowest BCUT2D eigenvalue weighted by atomic mass is 10.00. The zero-order chi connectivity index (χ0) is 18.1. The van der Waals surface area contributed by atoms with E-state index in [2.05, 4.69) is 29.2 Å². The Labute approximate surface area is 154 Å². The number of fused-ring (bicyclic) bond motifs is 2. The molecule has 1 atom stereocenters. The van der Waals surface area contributed by atoms with Crippen molar-refractivity contribution in [1.82, 2.24) is 9.80 Å². The molecule has 26 heavy (non-hydrogen) atoms. The molecule has 0 aromatic heterocycles. The molecule has 0 bridgehead atoms. The second-order valence-corrected chi connectivity index (χ2v) is 7.20. The quantitative estimate of drug-likeness (QED) is 0.809. The Hall–Kier alpha value is -2.21. The van der Waals surface area contributed by atoms with Gasteiger partial charge >= 0.3 is 0 Å². The first kappa shape index (κ1) is 17.2. The minimum Gasteiger partial charge on any atom is -0.375 e. The van der Waals surface area contributed by atoms with E-state index in [0.717, 1.165) is 44.6 Å². The summed E-state index contributed by atoms with van der Waals surface area (Å²) >= 11 is 0. The molecule has 2 aromatic carbocycles. The van der Waals surface area contributed by atoms with Crippen LogP contribution >= 0.6 is 0 Å². The maximum Gasteiger partial charge on any atom is 0.254 e. The van der Waals surface area contributed by atoms with E-state index in [0.29, 0.717) is 17.7 Å². The normalized spacial score (nSPS) is 17.9. The third-order valence-electron chi connectivity index (χ3n) is 5.48. The van der Waals surface area contributed by atoms with E-state index in [4.69, 9.17) is 5.73 Å². The van der Waals surface area contributed by atoms with E-state index >= 15 is 0 Å². The van der Waals surface area contributed by atoms with Crippen molar-refractivity contribution < 1.29 is 9.90 Å². The van der Waals surface area contributed by atoms with E-state index < -0.39 is 6.23 Å². The molecule has 0 saturated carbocycles. The highest BCUT2D eigenvalue weighted by Gasteiger charge is 2.30. The van der Waals surface area contributed by atoms with E-state index in [-0.39, 0.29) is 5.91 Å². The smallest absolute Gasteiger partial charge is 0.254 e. The maximum absolute atomic E-state index is 12.7. The first-order valence-corrected chi connectivity index (χ1v) is 9.27. The van der Waals surface area contributed by atoms with Gasteiger partial charge in [0.05, 0.1) is 5.56 Å². The number of aliphatic hydroxyl groups excluding tert-OH is 1. The molecule has 0 fully saturated rings. The molecule has 0 aliphatic carbocycles. The van der Waals surface area contributed by atoms with Crippen molar-refractivity contribution in [1.29, 1.82) is 0 Å². The maximum atomic E-state index is 12.7. The zero-order valence-corrected chi connectivity index (χ0v) is 14.9. The second-order valence-electron chi connectivity index (χ2n) is 7.20. The molecule has 136 valence electrons. The number of amides is 1. The second kappa shape index (κ2) is 7.19. The topological polar surface area (TPSA) is 69.8 Å². The van der Waals surface area contributed by atoms with E-state index in [1.165, 1.54) is 11.1 Å². The number of carbonyl (C=O) groups is 1. The number of hydrogen-bond acceptors (Lipinski definition) is 4. The Balaban J connectivity index is 1.34. The molecule has 1 unspecified atom stereocenters. The van der Waals surface area contributed by atoms with Crippen LogP contribution in [0.1, 0.15) is 45.3 Å². The molecule has 2 aliphatic rings. The van der Waals surface area contributed by atoms with Crippen molar-refractivity contribution in [2.24, 2.45) is 5.73 Å². The van der Waals surface area contributed by atoms with Gasteiger partial charge in [-0.3, -0.25) is 9.69 Å². The Morgan fingerprint density at radius 1 is 1.00 bits per heavy atom. The van der Waals surface area contributed by atoms with Gasteiger partial charge < -0.3 is 15.7 Å². The molecule has 3 N–H and O–H groups in total. The third-order valence-corrected chi connectivity index (χ3v) is 5.48. The Morgan fingerprint density at radius 2 is 1.77 bits per heavy atom. The van der Waals surface area contributed by atoms with Crippen LogP contribution in [0.3, 0.4) is 0 Å². The van der Waals surface area contributed by atoms with Crippen molar-refractivity contribution in [3.8, 4) is 0 Å². The van der Waals surface area contributed by atoms with Crippen molar-refractivity contribution in [3.63, 3.8) is 0 Å². The highest BCUT2D eigenvalue weighted by atomic mass is 16.3. The fraction of sp³-hybridized carbons (Fsp3) is 0.381. The SMILES string of the molecule is NC(O)c1cccc2c1C(=O)N(CCCN1CCc3ccccc3C1)C2. The van der Waals surface area contributed by atoms with Gasteiger partial charge in [0, 0.05) is 38.3 Å². The lowest BCUT2D eigenvalue weighted by Crippen LogP contribution is -2.34. The first-order valence-electron chi connectivity index (χ1n) is 9.27. The average molecular weight is 351 g/mol. The van der Waals surface area contributed by atoms with Gasteiger partial charge in [0.15, 0.2) is 0 Å². The monoisotopic (exact) mass is 351 g/mol. The molecule has 4 rings (SSSR count). The predicted molar refractivity (Wildman–Crippen MR) is 100 cm³/mol. The van der Waals surface area contributed by atoms with Crippen molar-refractivity contribution >= 4 is 5.91 Å². The molecule has 0 saturated heterocycles. The molecule has 5 heteroatoms. The number of nitrogens with two attached hydrogens (primary N) is 1. The Kier molecular flexibility index (Phi) is 4.76. The zero-order valence-electron chi connectivity index (χ0n) is 14.9. The number of rotatable bonds is 5. The molecule has 0 spiro atoms. The summed E-state index contributed by atoms with van der Waals surface area (Å²) in [6, 6.07) is 14.2.